The van der Waals surface area contributed by atoms with E-state index in [2.05, 4.69) is 21.1 Å². The average Bonchev–Trinajstić information content (AvgIpc) is 3.05. The molecule has 0 atom stereocenters. The average molecular weight is 323 g/mol. The third-order valence-corrected chi connectivity index (χ3v) is 3.58. The van der Waals surface area contributed by atoms with Crippen molar-refractivity contribution in [3.05, 3.63) is 35.7 Å². The lowest BCUT2D eigenvalue weighted by Crippen LogP contribution is -2.46. The Balaban J connectivity index is 1.64. The number of benzene rings is 1. The molecule has 2 aromatic rings. The molecule has 0 unspecified atom stereocenters. The maximum atomic E-state index is 12.5. The van der Waals surface area contributed by atoms with Gasteiger partial charge in [0.05, 0.1) is 11.6 Å². The van der Waals surface area contributed by atoms with Crippen molar-refractivity contribution in [1.29, 1.82) is 5.26 Å². The van der Waals surface area contributed by atoms with Crippen molar-refractivity contribution in [2.75, 3.05) is 36.0 Å². The largest absolute Gasteiger partial charge is 0.455 e. The minimum atomic E-state index is -4.61. The summed E-state index contributed by atoms with van der Waals surface area (Å²) in [6.07, 6.45) is -4.61. The van der Waals surface area contributed by atoms with Gasteiger partial charge < -0.3 is 14.3 Å². The Morgan fingerprint density at radius 1 is 1.04 bits per heavy atom. The third-order valence-electron chi connectivity index (χ3n) is 3.58. The number of nitriles is 1. The van der Waals surface area contributed by atoms with E-state index in [1.807, 2.05) is 12.1 Å². The van der Waals surface area contributed by atoms with Crippen molar-refractivity contribution in [2.24, 2.45) is 0 Å². The fourth-order valence-corrected chi connectivity index (χ4v) is 2.36. The predicted molar refractivity (Wildman–Crippen MR) is 74.9 cm³/mol. The Kier molecular flexibility index (Phi) is 3.82. The molecule has 1 aromatic carbocycles. The van der Waals surface area contributed by atoms with Crippen molar-refractivity contribution in [2.45, 2.75) is 6.18 Å². The first-order chi connectivity index (χ1) is 11.0. The van der Waals surface area contributed by atoms with Crippen LogP contribution in [0.15, 0.2) is 28.8 Å². The van der Waals surface area contributed by atoms with Gasteiger partial charge in [-0.1, -0.05) is 0 Å². The van der Waals surface area contributed by atoms with Crippen molar-refractivity contribution in [3.8, 4) is 6.07 Å². The van der Waals surface area contributed by atoms with Crippen LogP contribution in [-0.4, -0.2) is 36.3 Å². The molecule has 2 heterocycles. The maximum absolute atomic E-state index is 12.5. The molecule has 0 N–H and O–H groups in total. The number of hydrogen-bond donors (Lipinski definition) is 0. The molecule has 0 amide bonds. The van der Waals surface area contributed by atoms with Gasteiger partial charge in [0.1, 0.15) is 0 Å². The summed E-state index contributed by atoms with van der Waals surface area (Å²) >= 11 is 0. The zero-order valence-electron chi connectivity index (χ0n) is 11.9. The van der Waals surface area contributed by atoms with Gasteiger partial charge >= 0.3 is 12.2 Å². The summed E-state index contributed by atoms with van der Waals surface area (Å²) in [5.74, 6) is -1.26. The van der Waals surface area contributed by atoms with Crippen molar-refractivity contribution < 1.29 is 17.7 Å². The lowest BCUT2D eigenvalue weighted by Gasteiger charge is -2.35. The van der Waals surface area contributed by atoms with Gasteiger partial charge in [-0.25, -0.2) is 0 Å². The van der Waals surface area contributed by atoms with E-state index in [4.69, 9.17) is 9.78 Å². The van der Waals surface area contributed by atoms with Crippen LogP contribution in [0.25, 0.3) is 0 Å². The van der Waals surface area contributed by atoms with Crippen molar-refractivity contribution >= 4 is 11.7 Å². The number of piperazine rings is 1. The highest BCUT2D eigenvalue weighted by Gasteiger charge is 2.38. The van der Waals surface area contributed by atoms with Gasteiger partial charge in [0.25, 0.3) is 5.82 Å². The summed E-state index contributed by atoms with van der Waals surface area (Å²) in [7, 11) is 0. The molecule has 3 rings (SSSR count). The maximum Gasteiger partial charge on any atom is 0.455 e. The van der Waals surface area contributed by atoms with Crippen molar-refractivity contribution in [3.63, 3.8) is 0 Å². The molecule has 0 bridgehead atoms. The molecule has 1 aliphatic rings. The fraction of sp³-hybridized carbons (Fsp3) is 0.357. The van der Waals surface area contributed by atoms with Gasteiger partial charge in [0, 0.05) is 31.9 Å². The summed E-state index contributed by atoms with van der Waals surface area (Å²) in [6, 6.07) is 9.10. The van der Waals surface area contributed by atoms with E-state index >= 15 is 0 Å². The number of rotatable bonds is 2. The number of hydrogen-bond acceptors (Lipinski definition) is 6. The van der Waals surface area contributed by atoms with E-state index in [-0.39, 0.29) is 6.01 Å². The number of aromatic nitrogens is 2. The quantitative estimate of drug-likeness (QED) is 0.844. The molecular formula is C14H12F3N5O. The molecule has 9 heteroatoms. The molecule has 1 aromatic heterocycles. The second-order valence-corrected chi connectivity index (χ2v) is 5.03. The first-order valence-electron chi connectivity index (χ1n) is 6.88. The Hall–Kier alpha value is -2.76. The fourth-order valence-electron chi connectivity index (χ4n) is 2.36. The highest BCUT2D eigenvalue weighted by atomic mass is 19.4. The zero-order valence-corrected chi connectivity index (χ0v) is 11.9. The number of alkyl halides is 3. The normalized spacial score (nSPS) is 15.6. The molecule has 1 saturated heterocycles. The highest BCUT2D eigenvalue weighted by Crippen LogP contribution is 2.28. The van der Waals surface area contributed by atoms with Gasteiger partial charge in [-0.05, 0) is 29.4 Å². The van der Waals surface area contributed by atoms with Crippen LogP contribution >= 0.6 is 0 Å². The Bertz CT molecular complexity index is 711. The van der Waals surface area contributed by atoms with Gasteiger partial charge in [0.2, 0.25) is 0 Å². The highest BCUT2D eigenvalue weighted by molar-refractivity contribution is 5.51. The molecule has 23 heavy (non-hydrogen) atoms. The first-order valence-corrected chi connectivity index (χ1v) is 6.88. The molecule has 0 radical (unpaired) electrons. The van der Waals surface area contributed by atoms with E-state index in [1.54, 1.807) is 17.0 Å². The summed E-state index contributed by atoms with van der Waals surface area (Å²) < 4.78 is 42.1. The second-order valence-electron chi connectivity index (χ2n) is 5.03. The van der Waals surface area contributed by atoms with Crippen LogP contribution in [0.2, 0.25) is 0 Å². The van der Waals surface area contributed by atoms with Crippen LogP contribution < -0.4 is 9.80 Å². The third kappa shape index (κ3) is 3.21. The van der Waals surface area contributed by atoms with E-state index < -0.39 is 12.0 Å². The minimum Gasteiger partial charge on any atom is -0.368 e. The standard InChI is InChI=1S/C14H12F3N5O/c15-14(16,17)12-19-13(23-20-12)22-7-5-21(6-8-22)11-3-1-10(9-18)2-4-11/h1-4H,5-8H2. The summed E-state index contributed by atoms with van der Waals surface area (Å²) in [5.41, 5.74) is 1.54. The first kappa shape index (κ1) is 15.1. The second kappa shape index (κ2) is 5.79. The Morgan fingerprint density at radius 3 is 2.17 bits per heavy atom. The van der Waals surface area contributed by atoms with Crippen LogP contribution in [0, 0.1) is 11.3 Å². The molecule has 0 spiro atoms. The van der Waals surface area contributed by atoms with Crippen LogP contribution in [0.1, 0.15) is 11.4 Å². The van der Waals surface area contributed by atoms with Gasteiger partial charge in [-0.15, -0.1) is 0 Å². The molecule has 120 valence electrons. The lowest BCUT2D eigenvalue weighted by atomic mass is 10.2. The summed E-state index contributed by atoms with van der Waals surface area (Å²) in [5, 5.41) is 11.7. The molecular weight excluding hydrogens is 311 g/mol. The topological polar surface area (TPSA) is 69.2 Å². The molecule has 1 fully saturated rings. The van der Waals surface area contributed by atoms with Crippen LogP contribution in [0.3, 0.4) is 0 Å². The predicted octanol–water partition coefficient (Wildman–Crippen LogP) is 2.29. The lowest BCUT2D eigenvalue weighted by molar-refractivity contribution is -0.146. The van der Waals surface area contributed by atoms with E-state index in [9.17, 15) is 13.2 Å². The number of nitrogens with zero attached hydrogens (tertiary/aromatic N) is 5. The van der Waals surface area contributed by atoms with Crippen LogP contribution in [0.5, 0.6) is 0 Å². The van der Waals surface area contributed by atoms with Gasteiger partial charge in [-0.3, -0.25) is 0 Å². The monoisotopic (exact) mass is 323 g/mol. The SMILES string of the molecule is N#Cc1ccc(N2CCN(c3nc(C(F)(F)F)no3)CC2)cc1. The summed E-state index contributed by atoms with van der Waals surface area (Å²) in [6.45, 7) is 2.16. The zero-order chi connectivity index (χ0) is 16.4. The van der Waals surface area contributed by atoms with Gasteiger partial charge in [0.15, 0.2) is 0 Å². The van der Waals surface area contributed by atoms with Crippen LogP contribution in [0.4, 0.5) is 24.9 Å². The molecule has 0 saturated carbocycles. The smallest absolute Gasteiger partial charge is 0.368 e. The molecule has 1 aliphatic heterocycles. The molecule has 6 nitrogen and oxygen atoms in total. The Labute approximate surface area is 129 Å². The van der Waals surface area contributed by atoms with Crippen molar-refractivity contribution in [1.82, 2.24) is 10.1 Å². The minimum absolute atomic E-state index is 0.114. The van der Waals surface area contributed by atoms with E-state index in [0.29, 0.717) is 31.7 Å². The van der Waals surface area contributed by atoms with Crippen LogP contribution in [-0.2, 0) is 6.18 Å². The van der Waals surface area contributed by atoms with E-state index in [1.165, 1.54) is 0 Å². The number of anilines is 2. The van der Waals surface area contributed by atoms with Gasteiger partial charge in [-0.2, -0.15) is 23.4 Å². The Morgan fingerprint density at radius 2 is 1.65 bits per heavy atom. The summed E-state index contributed by atoms with van der Waals surface area (Å²) in [4.78, 5) is 7.10. The number of halogens is 3. The van der Waals surface area contributed by atoms with E-state index in [0.717, 1.165) is 5.69 Å². The molecule has 0 aliphatic carbocycles.